The molecule has 0 spiro atoms. The van der Waals surface area contributed by atoms with E-state index in [2.05, 4.69) is 5.32 Å². The van der Waals surface area contributed by atoms with Gasteiger partial charge in [0.1, 0.15) is 0 Å². The van der Waals surface area contributed by atoms with Crippen molar-refractivity contribution in [3.63, 3.8) is 0 Å². The molecule has 1 saturated carbocycles. The van der Waals surface area contributed by atoms with Gasteiger partial charge in [-0.05, 0) is 38.5 Å². The predicted octanol–water partition coefficient (Wildman–Crippen LogP) is 1.45. The standard InChI is InChI=1S/C11H21NO2/c1-9(13)4-3-7-12-11(14)8-10-5-2-6-10/h9-10,13H,2-8H2,1H3,(H,12,14). The summed E-state index contributed by atoms with van der Waals surface area (Å²) in [5, 5.41) is 11.9. The second-order valence-electron chi connectivity index (χ2n) is 4.34. The molecule has 0 saturated heterocycles. The number of carbonyl (C=O) groups excluding carboxylic acids is 1. The van der Waals surface area contributed by atoms with E-state index in [4.69, 9.17) is 5.11 Å². The molecule has 0 bridgehead atoms. The Labute approximate surface area is 85.9 Å². The van der Waals surface area contributed by atoms with Gasteiger partial charge in [-0.1, -0.05) is 6.42 Å². The van der Waals surface area contributed by atoms with Crippen LogP contribution in [0.15, 0.2) is 0 Å². The lowest BCUT2D eigenvalue weighted by Crippen LogP contribution is -2.28. The second kappa shape index (κ2) is 6.02. The lowest BCUT2D eigenvalue weighted by Gasteiger charge is -2.24. The third-order valence-electron chi connectivity index (χ3n) is 2.82. The Morgan fingerprint density at radius 2 is 2.29 bits per heavy atom. The molecule has 0 heterocycles. The summed E-state index contributed by atoms with van der Waals surface area (Å²) in [4.78, 5) is 11.3. The molecule has 1 amide bonds. The van der Waals surface area contributed by atoms with Crippen molar-refractivity contribution < 1.29 is 9.90 Å². The number of carbonyl (C=O) groups is 1. The number of aliphatic hydroxyl groups is 1. The van der Waals surface area contributed by atoms with E-state index >= 15 is 0 Å². The van der Waals surface area contributed by atoms with Crippen LogP contribution in [-0.2, 0) is 4.79 Å². The van der Waals surface area contributed by atoms with E-state index in [9.17, 15) is 4.79 Å². The third-order valence-corrected chi connectivity index (χ3v) is 2.82. The Morgan fingerprint density at radius 3 is 2.79 bits per heavy atom. The first-order valence-corrected chi connectivity index (χ1v) is 5.63. The lowest BCUT2D eigenvalue weighted by atomic mass is 9.83. The van der Waals surface area contributed by atoms with Crippen molar-refractivity contribution in [3.8, 4) is 0 Å². The molecule has 14 heavy (non-hydrogen) atoms. The average Bonchev–Trinajstić information content (AvgIpc) is 2.05. The van der Waals surface area contributed by atoms with Crippen LogP contribution in [0.1, 0.15) is 45.4 Å². The number of rotatable bonds is 6. The van der Waals surface area contributed by atoms with Crippen molar-refractivity contribution in [2.75, 3.05) is 6.54 Å². The minimum absolute atomic E-state index is 0.181. The van der Waals surface area contributed by atoms with Crippen LogP contribution in [0.4, 0.5) is 0 Å². The number of nitrogens with one attached hydrogen (secondary N) is 1. The van der Waals surface area contributed by atoms with Gasteiger partial charge in [0.05, 0.1) is 6.10 Å². The monoisotopic (exact) mass is 199 g/mol. The maximum atomic E-state index is 11.3. The zero-order valence-corrected chi connectivity index (χ0v) is 8.96. The third kappa shape index (κ3) is 4.61. The molecule has 0 aliphatic heterocycles. The van der Waals surface area contributed by atoms with E-state index < -0.39 is 0 Å². The molecule has 0 aromatic rings. The first-order chi connectivity index (χ1) is 6.68. The zero-order chi connectivity index (χ0) is 10.4. The molecular formula is C11H21NO2. The van der Waals surface area contributed by atoms with E-state index in [1.54, 1.807) is 6.92 Å². The maximum absolute atomic E-state index is 11.3. The minimum Gasteiger partial charge on any atom is -0.393 e. The first kappa shape index (κ1) is 11.5. The smallest absolute Gasteiger partial charge is 0.220 e. The Morgan fingerprint density at radius 1 is 1.57 bits per heavy atom. The van der Waals surface area contributed by atoms with E-state index in [0.29, 0.717) is 18.9 Å². The number of hydrogen-bond donors (Lipinski definition) is 2. The SMILES string of the molecule is CC(O)CCCNC(=O)CC1CCC1. The van der Waals surface area contributed by atoms with Gasteiger partial charge in [-0.25, -0.2) is 0 Å². The van der Waals surface area contributed by atoms with Crippen molar-refractivity contribution >= 4 is 5.91 Å². The van der Waals surface area contributed by atoms with E-state index in [1.165, 1.54) is 19.3 Å². The molecule has 1 unspecified atom stereocenters. The van der Waals surface area contributed by atoms with Crippen LogP contribution in [0.2, 0.25) is 0 Å². The molecule has 3 heteroatoms. The molecule has 1 atom stereocenters. The van der Waals surface area contributed by atoms with Gasteiger partial charge in [-0.2, -0.15) is 0 Å². The van der Waals surface area contributed by atoms with Gasteiger partial charge in [0.25, 0.3) is 0 Å². The summed E-state index contributed by atoms with van der Waals surface area (Å²) in [6.07, 6.45) is 5.83. The van der Waals surface area contributed by atoms with Crippen LogP contribution >= 0.6 is 0 Å². The van der Waals surface area contributed by atoms with E-state index in [-0.39, 0.29) is 12.0 Å². The lowest BCUT2D eigenvalue weighted by molar-refractivity contribution is -0.122. The Balaban J connectivity index is 1.92. The van der Waals surface area contributed by atoms with Crippen molar-refractivity contribution in [2.24, 2.45) is 5.92 Å². The highest BCUT2D eigenvalue weighted by Crippen LogP contribution is 2.28. The van der Waals surface area contributed by atoms with Gasteiger partial charge in [0, 0.05) is 13.0 Å². The quantitative estimate of drug-likeness (QED) is 0.636. The summed E-state index contributed by atoms with van der Waals surface area (Å²) >= 11 is 0. The normalized spacial score (nSPS) is 18.7. The highest BCUT2D eigenvalue weighted by molar-refractivity contribution is 5.76. The fraction of sp³-hybridized carbons (Fsp3) is 0.909. The van der Waals surface area contributed by atoms with Crippen LogP contribution in [0, 0.1) is 5.92 Å². The Kier molecular flexibility index (Phi) is 4.94. The highest BCUT2D eigenvalue weighted by Gasteiger charge is 2.20. The zero-order valence-electron chi connectivity index (χ0n) is 8.96. The molecule has 2 N–H and O–H groups in total. The Bertz CT molecular complexity index is 176. The van der Waals surface area contributed by atoms with Gasteiger partial charge in [0.2, 0.25) is 5.91 Å². The summed E-state index contributed by atoms with van der Waals surface area (Å²) in [6.45, 7) is 2.48. The minimum atomic E-state index is -0.251. The molecule has 1 rings (SSSR count). The number of hydrogen-bond acceptors (Lipinski definition) is 2. The van der Waals surface area contributed by atoms with Crippen LogP contribution in [0.5, 0.6) is 0 Å². The summed E-state index contributed by atoms with van der Waals surface area (Å²) in [6, 6.07) is 0. The largest absolute Gasteiger partial charge is 0.393 e. The fourth-order valence-corrected chi connectivity index (χ4v) is 1.66. The topological polar surface area (TPSA) is 49.3 Å². The second-order valence-corrected chi connectivity index (χ2v) is 4.34. The fourth-order valence-electron chi connectivity index (χ4n) is 1.66. The number of aliphatic hydroxyl groups excluding tert-OH is 1. The van der Waals surface area contributed by atoms with Crippen molar-refractivity contribution in [2.45, 2.75) is 51.6 Å². The van der Waals surface area contributed by atoms with Crippen molar-refractivity contribution in [3.05, 3.63) is 0 Å². The van der Waals surface area contributed by atoms with Gasteiger partial charge < -0.3 is 10.4 Å². The van der Waals surface area contributed by atoms with E-state index in [0.717, 1.165) is 12.8 Å². The van der Waals surface area contributed by atoms with Crippen LogP contribution in [0.25, 0.3) is 0 Å². The van der Waals surface area contributed by atoms with Crippen LogP contribution < -0.4 is 5.32 Å². The van der Waals surface area contributed by atoms with Gasteiger partial charge in [-0.3, -0.25) is 4.79 Å². The molecule has 82 valence electrons. The summed E-state index contributed by atoms with van der Waals surface area (Å²) in [5.41, 5.74) is 0. The van der Waals surface area contributed by atoms with E-state index in [1.807, 2.05) is 0 Å². The molecule has 0 aromatic heterocycles. The van der Waals surface area contributed by atoms with Crippen LogP contribution in [-0.4, -0.2) is 23.7 Å². The molecule has 0 aromatic carbocycles. The van der Waals surface area contributed by atoms with Gasteiger partial charge >= 0.3 is 0 Å². The van der Waals surface area contributed by atoms with Gasteiger partial charge in [-0.15, -0.1) is 0 Å². The highest BCUT2D eigenvalue weighted by atomic mass is 16.3. The summed E-state index contributed by atoms with van der Waals surface area (Å²) < 4.78 is 0. The molecule has 3 nitrogen and oxygen atoms in total. The maximum Gasteiger partial charge on any atom is 0.220 e. The number of amides is 1. The summed E-state index contributed by atoms with van der Waals surface area (Å²) in [5.74, 6) is 0.826. The molecular weight excluding hydrogens is 178 g/mol. The van der Waals surface area contributed by atoms with Crippen LogP contribution in [0.3, 0.4) is 0 Å². The first-order valence-electron chi connectivity index (χ1n) is 5.63. The average molecular weight is 199 g/mol. The predicted molar refractivity (Wildman–Crippen MR) is 55.9 cm³/mol. The molecule has 1 aliphatic carbocycles. The molecule has 0 radical (unpaired) electrons. The molecule has 1 fully saturated rings. The summed E-state index contributed by atoms with van der Waals surface area (Å²) in [7, 11) is 0. The Hall–Kier alpha value is -0.570. The molecule has 1 aliphatic rings. The van der Waals surface area contributed by atoms with Crippen molar-refractivity contribution in [1.29, 1.82) is 0 Å². The van der Waals surface area contributed by atoms with Crippen molar-refractivity contribution in [1.82, 2.24) is 5.32 Å². The van der Waals surface area contributed by atoms with Gasteiger partial charge in [0.15, 0.2) is 0 Å².